The molecule has 6 heteroatoms. The molecule has 4 rings (SSSR count). The summed E-state index contributed by atoms with van der Waals surface area (Å²) in [6, 6.07) is 14.1. The molecule has 0 atom stereocenters. The van der Waals surface area contributed by atoms with Gasteiger partial charge in [-0.25, -0.2) is 14.8 Å². The fourth-order valence-corrected chi connectivity index (χ4v) is 3.83. The van der Waals surface area contributed by atoms with Crippen LogP contribution in [-0.2, 0) is 4.74 Å². The van der Waals surface area contributed by atoms with E-state index in [1.54, 1.807) is 17.4 Å². The van der Waals surface area contributed by atoms with Crippen molar-refractivity contribution in [1.82, 2.24) is 9.97 Å². The van der Waals surface area contributed by atoms with E-state index in [2.05, 4.69) is 55.0 Å². The number of benzene rings is 2. The fraction of sp³-hybridized carbons (Fsp3) is 0.227. The number of nitrogens with zero attached hydrogens (tertiary/aromatic N) is 3. The van der Waals surface area contributed by atoms with Gasteiger partial charge in [-0.05, 0) is 50.2 Å². The van der Waals surface area contributed by atoms with E-state index in [4.69, 9.17) is 9.72 Å². The lowest BCUT2D eigenvalue weighted by Crippen LogP contribution is -2.26. The Kier molecular flexibility index (Phi) is 4.73. The molecule has 0 N–H and O–H groups in total. The highest BCUT2D eigenvalue weighted by molar-refractivity contribution is 7.16. The summed E-state index contributed by atoms with van der Waals surface area (Å²) < 4.78 is 6.01. The molecule has 2 heterocycles. The molecule has 0 saturated carbocycles. The molecule has 5 nitrogen and oxygen atoms in total. The number of anilines is 1. The molecule has 0 amide bonds. The van der Waals surface area contributed by atoms with Crippen LogP contribution in [-0.4, -0.2) is 36.1 Å². The number of carbonyl (C=O) groups excluding carboxylic acids is 1. The number of carbonyl (C=O) groups is 1. The average molecular weight is 391 g/mol. The van der Waals surface area contributed by atoms with Gasteiger partial charge in [0.1, 0.15) is 0 Å². The molecule has 28 heavy (non-hydrogen) atoms. The van der Waals surface area contributed by atoms with Gasteiger partial charge in [0, 0.05) is 24.0 Å². The van der Waals surface area contributed by atoms with Crippen molar-refractivity contribution >= 4 is 44.1 Å². The van der Waals surface area contributed by atoms with E-state index in [1.807, 2.05) is 17.6 Å². The molecular weight excluding hydrogens is 370 g/mol. The number of aromatic nitrogens is 2. The van der Waals surface area contributed by atoms with Crippen LogP contribution in [0.1, 0.15) is 24.2 Å². The molecule has 2 aromatic heterocycles. The summed E-state index contributed by atoms with van der Waals surface area (Å²) >= 11 is 1.63. The molecule has 0 aliphatic heterocycles. The van der Waals surface area contributed by atoms with Crippen molar-refractivity contribution in [3.63, 3.8) is 0 Å². The molecule has 0 unspecified atom stereocenters. The van der Waals surface area contributed by atoms with Gasteiger partial charge in [0.2, 0.25) is 0 Å². The van der Waals surface area contributed by atoms with Crippen LogP contribution in [0, 0.1) is 0 Å². The van der Waals surface area contributed by atoms with E-state index in [0.29, 0.717) is 11.6 Å². The van der Waals surface area contributed by atoms with Gasteiger partial charge in [-0.1, -0.05) is 6.07 Å². The second kappa shape index (κ2) is 7.20. The Morgan fingerprint density at radius 1 is 1.11 bits per heavy atom. The van der Waals surface area contributed by atoms with Crippen molar-refractivity contribution in [3.05, 3.63) is 53.5 Å². The number of thiazole rings is 1. The minimum Gasteiger partial charge on any atom is -0.465 e. The molecule has 0 radical (unpaired) electrons. The summed E-state index contributed by atoms with van der Waals surface area (Å²) in [7, 11) is 3.45. The van der Waals surface area contributed by atoms with Crippen LogP contribution in [0.25, 0.3) is 32.4 Å². The maximum absolute atomic E-state index is 11.9. The molecule has 0 aliphatic rings. The van der Waals surface area contributed by atoms with Crippen LogP contribution < -0.4 is 4.90 Å². The second-order valence-electron chi connectivity index (χ2n) is 6.99. The zero-order chi connectivity index (χ0) is 19.8. The summed E-state index contributed by atoms with van der Waals surface area (Å²) in [4.78, 5) is 23.5. The average Bonchev–Trinajstić information content (AvgIpc) is 3.18. The van der Waals surface area contributed by atoms with Crippen LogP contribution in [0.15, 0.2) is 48.0 Å². The number of fused-ring (bicyclic) bond motifs is 2. The van der Waals surface area contributed by atoms with E-state index < -0.39 is 0 Å². The number of hydrogen-bond donors (Lipinski definition) is 0. The molecule has 4 aromatic rings. The third-order valence-electron chi connectivity index (χ3n) is 4.97. The van der Waals surface area contributed by atoms with Gasteiger partial charge in [-0.3, -0.25) is 0 Å². The van der Waals surface area contributed by atoms with Crippen LogP contribution in [0.4, 0.5) is 5.69 Å². The van der Waals surface area contributed by atoms with Gasteiger partial charge in [0.05, 0.1) is 45.3 Å². The van der Waals surface area contributed by atoms with Gasteiger partial charge in [0.25, 0.3) is 0 Å². The van der Waals surface area contributed by atoms with Crippen molar-refractivity contribution in [2.45, 2.75) is 19.9 Å². The first-order valence-corrected chi connectivity index (χ1v) is 9.95. The first-order valence-electron chi connectivity index (χ1n) is 9.07. The summed E-state index contributed by atoms with van der Waals surface area (Å²) in [6.07, 6.45) is 0. The number of pyridine rings is 1. The largest absolute Gasteiger partial charge is 0.465 e. The van der Waals surface area contributed by atoms with Crippen molar-refractivity contribution in [3.8, 4) is 11.3 Å². The highest BCUT2D eigenvalue weighted by Crippen LogP contribution is 2.35. The lowest BCUT2D eigenvalue weighted by Gasteiger charge is -2.26. The highest BCUT2D eigenvalue weighted by atomic mass is 32.1. The lowest BCUT2D eigenvalue weighted by molar-refractivity contribution is 0.0601. The van der Waals surface area contributed by atoms with Crippen molar-refractivity contribution in [2.24, 2.45) is 0 Å². The normalized spacial score (nSPS) is 11.3. The molecule has 2 aromatic carbocycles. The third kappa shape index (κ3) is 3.20. The van der Waals surface area contributed by atoms with Gasteiger partial charge in [-0.15, -0.1) is 11.3 Å². The van der Waals surface area contributed by atoms with Crippen molar-refractivity contribution < 1.29 is 9.53 Å². The number of methoxy groups -OCH3 is 1. The Morgan fingerprint density at radius 3 is 2.68 bits per heavy atom. The monoisotopic (exact) mass is 391 g/mol. The topological polar surface area (TPSA) is 55.3 Å². The first kappa shape index (κ1) is 18.4. The quantitative estimate of drug-likeness (QED) is 0.451. The third-order valence-corrected chi connectivity index (χ3v) is 5.78. The van der Waals surface area contributed by atoms with Gasteiger partial charge in [0.15, 0.2) is 0 Å². The van der Waals surface area contributed by atoms with E-state index >= 15 is 0 Å². The summed E-state index contributed by atoms with van der Waals surface area (Å²) in [5, 5.41) is 0.906. The van der Waals surface area contributed by atoms with E-state index in [0.717, 1.165) is 38.1 Å². The number of rotatable bonds is 4. The Morgan fingerprint density at radius 2 is 1.93 bits per heavy atom. The Hall–Kier alpha value is -2.99. The second-order valence-corrected chi connectivity index (χ2v) is 7.88. The van der Waals surface area contributed by atoms with Crippen LogP contribution in [0.5, 0.6) is 0 Å². The number of esters is 1. The first-order chi connectivity index (χ1) is 13.5. The predicted octanol–water partition coefficient (Wildman–Crippen LogP) is 5.14. The SMILES string of the molecule is COC(=O)c1ccc2nc(-c3ccc4scnc4c3)c(N(C)C(C)C)cc2c1. The summed E-state index contributed by atoms with van der Waals surface area (Å²) in [5.74, 6) is -0.348. The molecule has 0 saturated heterocycles. The van der Waals surface area contributed by atoms with Crippen LogP contribution in [0.3, 0.4) is 0 Å². The molecule has 142 valence electrons. The predicted molar refractivity (Wildman–Crippen MR) is 115 cm³/mol. The van der Waals surface area contributed by atoms with E-state index in [1.165, 1.54) is 7.11 Å². The van der Waals surface area contributed by atoms with Gasteiger partial charge in [-0.2, -0.15) is 0 Å². The fourth-order valence-electron chi connectivity index (χ4n) is 3.17. The van der Waals surface area contributed by atoms with E-state index in [9.17, 15) is 4.79 Å². The van der Waals surface area contributed by atoms with Crippen LogP contribution in [0.2, 0.25) is 0 Å². The summed E-state index contributed by atoms with van der Waals surface area (Å²) in [6.45, 7) is 4.28. The number of ether oxygens (including phenoxy) is 1. The lowest BCUT2D eigenvalue weighted by atomic mass is 10.0. The molecular formula is C22H21N3O2S. The molecule has 0 aliphatic carbocycles. The smallest absolute Gasteiger partial charge is 0.337 e. The highest BCUT2D eigenvalue weighted by Gasteiger charge is 2.17. The number of hydrogen-bond acceptors (Lipinski definition) is 6. The molecule has 0 bridgehead atoms. The molecule has 0 spiro atoms. The van der Waals surface area contributed by atoms with Crippen molar-refractivity contribution in [2.75, 3.05) is 19.1 Å². The van der Waals surface area contributed by atoms with Gasteiger partial charge >= 0.3 is 5.97 Å². The summed E-state index contributed by atoms with van der Waals surface area (Å²) in [5.41, 5.74) is 7.14. The maximum atomic E-state index is 11.9. The Bertz CT molecular complexity index is 1180. The van der Waals surface area contributed by atoms with Crippen molar-refractivity contribution in [1.29, 1.82) is 0 Å². The van der Waals surface area contributed by atoms with E-state index in [-0.39, 0.29) is 5.97 Å². The Labute approximate surface area is 167 Å². The van der Waals surface area contributed by atoms with Crippen LogP contribution >= 0.6 is 11.3 Å². The minimum absolute atomic E-state index is 0.296. The zero-order valence-electron chi connectivity index (χ0n) is 16.3. The minimum atomic E-state index is -0.348. The molecule has 0 fully saturated rings. The maximum Gasteiger partial charge on any atom is 0.337 e. The Balaban J connectivity index is 1.94. The standard InChI is InChI=1S/C22H21N3O2S/c1-13(2)25(3)19-11-16-9-15(22(26)27-4)5-7-17(16)24-21(19)14-6-8-20-18(10-14)23-12-28-20/h5-13H,1-4H3. The van der Waals surface area contributed by atoms with Gasteiger partial charge < -0.3 is 9.64 Å². The zero-order valence-corrected chi connectivity index (χ0v) is 17.1.